The molecule has 0 aliphatic carbocycles. The van der Waals surface area contributed by atoms with E-state index in [1.165, 1.54) is 0 Å². The number of nitrogens with one attached hydrogen (secondary N) is 1. The first-order chi connectivity index (χ1) is 14.1. The first-order valence-corrected chi connectivity index (χ1v) is 10.6. The Bertz CT molecular complexity index is 929. The van der Waals surface area contributed by atoms with Crippen LogP contribution >= 0.6 is 0 Å². The Hall–Kier alpha value is -2.65. The lowest BCUT2D eigenvalue weighted by Gasteiger charge is -2.30. The van der Waals surface area contributed by atoms with Gasteiger partial charge >= 0.3 is 0 Å². The van der Waals surface area contributed by atoms with Crippen LogP contribution in [0, 0.1) is 23.2 Å². The molecule has 152 valence electrons. The number of anilines is 1. The van der Waals surface area contributed by atoms with E-state index in [0.717, 1.165) is 55.5 Å². The van der Waals surface area contributed by atoms with Gasteiger partial charge in [0.25, 0.3) is 0 Å². The molecule has 6 nitrogen and oxygen atoms in total. The molecule has 29 heavy (non-hydrogen) atoms. The van der Waals surface area contributed by atoms with Crippen LogP contribution in [0.15, 0.2) is 30.5 Å². The summed E-state index contributed by atoms with van der Waals surface area (Å²) in [7, 11) is 2.14. The second-order valence-electron chi connectivity index (χ2n) is 8.41. The Balaban J connectivity index is 1.53. The molecule has 2 unspecified atom stereocenters. The van der Waals surface area contributed by atoms with Crippen LogP contribution in [0.4, 0.5) is 5.69 Å². The summed E-state index contributed by atoms with van der Waals surface area (Å²) in [6, 6.07) is 10.3. The van der Waals surface area contributed by atoms with Crippen molar-refractivity contribution in [2.24, 2.45) is 11.8 Å². The molecule has 1 N–H and O–H groups in total. The van der Waals surface area contributed by atoms with E-state index in [2.05, 4.69) is 40.1 Å². The molecular formula is C23H29N5O. The van der Waals surface area contributed by atoms with Crippen LogP contribution in [0.3, 0.4) is 0 Å². The lowest BCUT2D eigenvalue weighted by molar-refractivity contribution is -0.126. The number of carbonyl (C=O) groups is 1. The zero-order valence-corrected chi connectivity index (χ0v) is 17.3. The number of rotatable bonds is 4. The summed E-state index contributed by atoms with van der Waals surface area (Å²) in [5, 5.41) is 13.7. The fourth-order valence-electron chi connectivity index (χ4n) is 4.76. The molecule has 2 aliphatic rings. The van der Waals surface area contributed by atoms with Crippen LogP contribution in [-0.4, -0.2) is 55.1 Å². The van der Waals surface area contributed by atoms with Crippen molar-refractivity contribution in [2.45, 2.75) is 32.2 Å². The van der Waals surface area contributed by atoms with Crippen LogP contribution in [0.25, 0.3) is 10.9 Å². The largest absolute Gasteiger partial charge is 0.370 e. The summed E-state index contributed by atoms with van der Waals surface area (Å²) in [4.78, 5) is 22.1. The molecule has 0 saturated carbocycles. The summed E-state index contributed by atoms with van der Waals surface area (Å²) in [6.45, 7) is 5.83. The maximum atomic E-state index is 13.1. The minimum absolute atomic E-state index is 0.00187. The van der Waals surface area contributed by atoms with Gasteiger partial charge in [0.05, 0.1) is 17.0 Å². The van der Waals surface area contributed by atoms with Gasteiger partial charge in [-0.3, -0.25) is 9.78 Å². The van der Waals surface area contributed by atoms with Crippen LogP contribution in [0.1, 0.15) is 31.7 Å². The quantitative estimate of drug-likeness (QED) is 0.868. The number of likely N-dealkylation sites (tertiary alicyclic amines) is 1. The van der Waals surface area contributed by atoms with Gasteiger partial charge in [-0.1, -0.05) is 13.3 Å². The van der Waals surface area contributed by atoms with E-state index in [9.17, 15) is 10.1 Å². The molecule has 0 bridgehead atoms. The van der Waals surface area contributed by atoms with Crippen LogP contribution < -0.4 is 10.2 Å². The third-order valence-corrected chi connectivity index (χ3v) is 6.57. The topological polar surface area (TPSA) is 72.3 Å². The standard InChI is InChI=1S/C23H29N5O/c1-3-16-14-28(15-20(16)23(29)26-18-8-11-27(2)12-9-18)21-7-6-17(13-24)22-19(21)5-4-10-25-22/h4-7,10,16,18,20H,3,8-9,11-12,14-15H2,1-2H3,(H,26,29). The first kappa shape index (κ1) is 19.7. The van der Waals surface area contributed by atoms with Gasteiger partial charge in [-0.2, -0.15) is 5.26 Å². The third kappa shape index (κ3) is 3.92. The highest BCUT2D eigenvalue weighted by atomic mass is 16.2. The second-order valence-corrected chi connectivity index (χ2v) is 8.41. The fourth-order valence-corrected chi connectivity index (χ4v) is 4.76. The lowest BCUT2D eigenvalue weighted by atomic mass is 9.92. The molecule has 2 aliphatic heterocycles. The number of nitrogens with zero attached hydrogens (tertiary/aromatic N) is 4. The predicted molar refractivity (Wildman–Crippen MR) is 115 cm³/mol. The molecule has 6 heteroatoms. The molecule has 1 aromatic carbocycles. The Labute approximate surface area is 172 Å². The van der Waals surface area contributed by atoms with E-state index in [1.54, 1.807) is 6.20 Å². The minimum Gasteiger partial charge on any atom is -0.370 e. The lowest BCUT2D eigenvalue weighted by Crippen LogP contribution is -2.46. The highest BCUT2D eigenvalue weighted by molar-refractivity contribution is 5.95. The van der Waals surface area contributed by atoms with Crippen molar-refractivity contribution in [1.29, 1.82) is 5.26 Å². The molecule has 0 radical (unpaired) electrons. The summed E-state index contributed by atoms with van der Waals surface area (Å²) >= 11 is 0. The van der Waals surface area contributed by atoms with Gasteiger partial charge in [0.15, 0.2) is 0 Å². The van der Waals surface area contributed by atoms with Gasteiger partial charge in [-0.15, -0.1) is 0 Å². The van der Waals surface area contributed by atoms with Gasteiger partial charge in [0.1, 0.15) is 6.07 Å². The Morgan fingerprint density at radius 2 is 2.07 bits per heavy atom. The number of pyridine rings is 1. The SMILES string of the molecule is CCC1CN(c2ccc(C#N)c3ncccc23)CC1C(=O)NC1CCN(C)CC1. The Morgan fingerprint density at radius 1 is 1.28 bits per heavy atom. The summed E-state index contributed by atoms with van der Waals surface area (Å²) < 4.78 is 0. The Morgan fingerprint density at radius 3 is 2.79 bits per heavy atom. The van der Waals surface area contributed by atoms with E-state index >= 15 is 0 Å². The van der Waals surface area contributed by atoms with Crippen molar-refractivity contribution in [3.63, 3.8) is 0 Å². The maximum Gasteiger partial charge on any atom is 0.225 e. The molecule has 2 saturated heterocycles. The zero-order chi connectivity index (χ0) is 20.4. The average molecular weight is 392 g/mol. The molecule has 2 fully saturated rings. The minimum atomic E-state index is 0.00187. The smallest absolute Gasteiger partial charge is 0.225 e. The molecule has 4 rings (SSSR count). The van der Waals surface area contributed by atoms with E-state index in [0.29, 0.717) is 24.1 Å². The average Bonchev–Trinajstić information content (AvgIpc) is 3.19. The second kappa shape index (κ2) is 8.38. The number of benzene rings is 1. The van der Waals surface area contributed by atoms with Gasteiger partial charge in [0.2, 0.25) is 5.91 Å². The number of amides is 1. The van der Waals surface area contributed by atoms with Crippen molar-refractivity contribution in [1.82, 2.24) is 15.2 Å². The summed E-state index contributed by atoms with van der Waals surface area (Å²) in [5.41, 5.74) is 2.40. The van der Waals surface area contributed by atoms with Crippen molar-refractivity contribution in [3.8, 4) is 6.07 Å². The van der Waals surface area contributed by atoms with Crippen molar-refractivity contribution in [3.05, 3.63) is 36.0 Å². The van der Waals surface area contributed by atoms with Gasteiger partial charge in [-0.05, 0) is 63.2 Å². The predicted octanol–water partition coefficient (Wildman–Crippen LogP) is 2.78. The molecule has 2 atom stereocenters. The zero-order valence-electron chi connectivity index (χ0n) is 17.3. The van der Waals surface area contributed by atoms with Crippen molar-refractivity contribution in [2.75, 3.05) is 38.1 Å². The third-order valence-electron chi connectivity index (χ3n) is 6.57. The van der Waals surface area contributed by atoms with Crippen molar-refractivity contribution >= 4 is 22.5 Å². The molecule has 1 amide bonds. The van der Waals surface area contributed by atoms with E-state index in [-0.39, 0.29) is 11.8 Å². The molecule has 0 spiro atoms. The van der Waals surface area contributed by atoms with E-state index in [1.807, 2.05) is 24.3 Å². The van der Waals surface area contributed by atoms with Crippen LogP contribution in [-0.2, 0) is 4.79 Å². The van der Waals surface area contributed by atoms with Gasteiger partial charge in [0, 0.05) is 36.4 Å². The van der Waals surface area contributed by atoms with E-state index in [4.69, 9.17) is 0 Å². The van der Waals surface area contributed by atoms with Crippen LogP contribution in [0.5, 0.6) is 0 Å². The highest BCUT2D eigenvalue weighted by Gasteiger charge is 2.38. The van der Waals surface area contributed by atoms with Gasteiger partial charge in [-0.25, -0.2) is 0 Å². The number of piperidine rings is 1. The summed E-state index contributed by atoms with van der Waals surface area (Å²) in [6.07, 6.45) is 4.76. The number of nitriles is 1. The first-order valence-electron chi connectivity index (χ1n) is 10.6. The number of carbonyl (C=O) groups excluding carboxylic acids is 1. The monoisotopic (exact) mass is 391 g/mol. The molecule has 1 aromatic heterocycles. The maximum absolute atomic E-state index is 13.1. The molecule has 2 aromatic rings. The molecule has 3 heterocycles. The summed E-state index contributed by atoms with van der Waals surface area (Å²) in [5.74, 6) is 0.538. The molecular weight excluding hydrogens is 362 g/mol. The highest BCUT2D eigenvalue weighted by Crippen LogP contribution is 2.35. The number of fused-ring (bicyclic) bond motifs is 1. The normalized spacial score (nSPS) is 23.3. The fraction of sp³-hybridized carbons (Fsp3) is 0.522. The Kier molecular flexibility index (Phi) is 5.68. The van der Waals surface area contributed by atoms with Gasteiger partial charge < -0.3 is 15.1 Å². The van der Waals surface area contributed by atoms with Crippen molar-refractivity contribution < 1.29 is 4.79 Å². The van der Waals surface area contributed by atoms with E-state index < -0.39 is 0 Å². The number of aromatic nitrogens is 1. The number of hydrogen-bond donors (Lipinski definition) is 1. The van der Waals surface area contributed by atoms with Crippen LogP contribution in [0.2, 0.25) is 0 Å². The number of hydrogen-bond acceptors (Lipinski definition) is 5.